The molecule has 168 valence electrons. The van der Waals surface area contributed by atoms with E-state index in [1.165, 1.54) is 7.05 Å². The van der Waals surface area contributed by atoms with Crippen LogP contribution in [0.3, 0.4) is 0 Å². The van der Waals surface area contributed by atoms with Gasteiger partial charge in [-0.3, -0.25) is 4.79 Å². The molecule has 1 unspecified atom stereocenters. The molecule has 1 aliphatic rings. The number of hydrogen-bond donors (Lipinski definition) is 0. The standard InChI is InChI=1S/C22H24N4O6/c1-6-10-14-11-8-9-12-15(14)18-16(20(28)32-7-2)13(3)25(4)22(30)26(18)19(27)17(24-23)21(29)31-5/h6,8-9,11-12,18H,1,7,10H2,2-5H3. The summed E-state index contributed by atoms with van der Waals surface area (Å²) in [4.78, 5) is 56.0. The fourth-order valence-corrected chi connectivity index (χ4v) is 3.41. The van der Waals surface area contributed by atoms with Gasteiger partial charge < -0.3 is 19.9 Å². The Balaban J connectivity index is 2.86. The molecule has 0 saturated heterocycles. The monoisotopic (exact) mass is 440 g/mol. The molecule has 2 rings (SSSR count). The van der Waals surface area contributed by atoms with E-state index in [0.717, 1.165) is 12.0 Å². The maximum Gasteiger partial charge on any atom is 0.463 e. The molecule has 0 N–H and O–H groups in total. The van der Waals surface area contributed by atoms with Crippen molar-refractivity contribution in [2.24, 2.45) is 0 Å². The van der Waals surface area contributed by atoms with Crippen molar-refractivity contribution in [2.75, 3.05) is 20.8 Å². The van der Waals surface area contributed by atoms with Crippen molar-refractivity contribution >= 4 is 29.6 Å². The number of esters is 2. The molecule has 0 spiro atoms. The maximum atomic E-state index is 13.3. The second-order valence-electron chi connectivity index (χ2n) is 6.77. The van der Waals surface area contributed by atoms with Gasteiger partial charge in [0.1, 0.15) is 6.04 Å². The van der Waals surface area contributed by atoms with Crippen molar-refractivity contribution in [1.29, 1.82) is 0 Å². The lowest BCUT2D eigenvalue weighted by atomic mass is 9.88. The number of methoxy groups -OCH3 is 1. The highest BCUT2D eigenvalue weighted by Gasteiger charge is 2.49. The van der Waals surface area contributed by atoms with Gasteiger partial charge in [0.2, 0.25) is 0 Å². The number of hydrogen-bond acceptors (Lipinski definition) is 6. The zero-order chi connectivity index (χ0) is 24.0. The minimum absolute atomic E-state index is 0.0287. The Morgan fingerprint density at radius 2 is 1.94 bits per heavy atom. The van der Waals surface area contributed by atoms with E-state index in [0.29, 0.717) is 22.4 Å². The van der Waals surface area contributed by atoms with Gasteiger partial charge in [-0.2, -0.15) is 4.79 Å². The Labute approximate surface area is 185 Å². The largest absolute Gasteiger partial charge is 0.463 e. The zero-order valence-corrected chi connectivity index (χ0v) is 18.3. The number of benzene rings is 1. The first-order chi connectivity index (χ1) is 15.2. The Morgan fingerprint density at radius 1 is 1.28 bits per heavy atom. The van der Waals surface area contributed by atoms with Crippen LogP contribution in [0, 0.1) is 0 Å². The highest BCUT2D eigenvalue weighted by molar-refractivity contribution is 6.62. The first-order valence-electron chi connectivity index (χ1n) is 9.73. The number of amides is 3. The van der Waals surface area contributed by atoms with E-state index < -0.39 is 35.6 Å². The molecular formula is C22H24N4O6. The van der Waals surface area contributed by atoms with Gasteiger partial charge in [0.15, 0.2) is 0 Å². The molecule has 1 aliphatic heterocycles. The smallest absolute Gasteiger partial charge is 0.463 e. The Kier molecular flexibility index (Phi) is 7.81. The van der Waals surface area contributed by atoms with Gasteiger partial charge in [0.25, 0.3) is 0 Å². The van der Waals surface area contributed by atoms with Crippen LogP contribution in [0.25, 0.3) is 5.53 Å². The van der Waals surface area contributed by atoms with Crippen LogP contribution in [0.1, 0.15) is 31.0 Å². The molecule has 0 aromatic heterocycles. The maximum absolute atomic E-state index is 13.3. The molecule has 0 saturated carbocycles. The third-order valence-electron chi connectivity index (χ3n) is 5.03. The summed E-state index contributed by atoms with van der Waals surface area (Å²) >= 11 is 0. The van der Waals surface area contributed by atoms with Gasteiger partial charge in [-0.15, -0.1) is 6.58 Å². The lowest BCUT2D eigenvalue weighted by molar-refractivity contribution is -0.142. The lowest BCUT2D eigenvalue weighted by Gasteiger charge is -2.39. The second-order valence-corrected chi connectivity index (χ2v) is 6.77. The van der Waals surface area contributed by atoms with Crippen LogP contribution in [0.15, 0.2) is 48.2 Å². The molecule has 1 atom stereocenters. The lowest BCUT2D eigenvalue weighted by Crippen LogP contribution is -2.55. The molecular weight excluding hydrogens is 416 g/mol. The van der Waals surface area contributed by atoms with Crippen molar-refractivity contribution in [2.45, 2.75) is 26.3 Å². The highest BCUT2D eigenvalue weighted by atomic mass is 16.5. The van der Waals surface area contributed by atoms with Gasteiger partial charge in [0.05, 0.1) is 19.3 Å². The van der Waals surface area contributed by atoms with E-state index in [1.54, 1.807) is 44.2 Å². The van der Waals surface area contributed by atoms with Crippen LogP contribution >= 0.6 is 0 Å². The fourth-order valence-electron chi connectivity index (χ4n) is 3.41. The minimum atomic E-state index is -1.25. The van der Waals surface area contributed by atoms with E-state index in [4.69, 9.17) is 4.74 Å². The number of rotatable bonds is 7. The number of ether oxygens (including phenoxy) is 2. The molecule has 1 aromatic carbocycles. The van der Waals surface area contributed by atoms with Crippen LogP contribution in [-0.4, -0.2) is 64.9 Å². The average molecular weight is 440 g/mol. The van der Waals surface area contributed by atoms with Gasteiger partial charge in [-0.1, -0.05) is 30.3 Å². The number of urea groups is 1. The van der Waals surface area contributed by atoms with Crippen molar-refractivity contribution in [3.8, 4) is 0 Å². The van der Waals surface area contributed by atoms with E-state index in [2.05, 4.69) is 16.1 Å². The number of imide groups is 1. The quantitative estimate of drug-likeness (QED) is 0.159. The summed E-state index contributed by atoms with van der Waals surface area (Å²) in [5.41, 5.74) is 9.72. The molecule has 3 amide bonds. The predicted molar refractivity (Wildman–Crippen MR) is 113 cm³/mol. The Morgan fingerprint density at radius 3 is 2.50 bits per heavy atom. The topological polar surface area (TPSA) is 130 Å². The molecule has 10 heteroatoms. The summed E-state index contributed by atoms with van der Waals surface area (Å²) < 4.78 is 9.70. The van der Waals surface area contributed by atoms with E-state index >= 15 is 0 Å². The molecule has 1 heterocycles. The number of carbonyl (C=O) groups excluding carboxylic acids is 4. The summed E-state index contributed by atoms with van der Waals surface area (Å²) in [7, 11) is 2.37. The van der Waals surface area contributed by atoms with E-state index in [1.807, 2.05) is 0 Å². The Hall–Kier alpha value is -4.04. The molecule has 0 aliphatic carbocycles. The van der Waals surface area contributed by atoms with Crippen molar-refractivity contribution < 1.29 is 33.4 Å². The second kappa shape index (κ2) is 10.3. The van der Waals surface area contributed by atoms with Crippen molar-refractivity contribution in [1.82, 2.24) is 9.80 Å². The first kappa shape index (κ1) is 24.2. The van der Waals surface area contributed by atoms with Crippen molar-refractivity contribution in [3.05, 3.63) is 64.8 Å². The normalized spacial score (nSPS) is 15.8. The SMILES string of the molecule is C=CCc1ccccc1C1C(C(=O)OCC)=C(C)N(C)C(=O)N1C(=O)C(=[N+]=[N-])C(=O)OC. The molecule has 0 fully saturated rings. The summed E-state index contributed by atoms with van der Waals surface area (Å²) in [6.07, 6.45) is 2.02. The number of allylic oxidation sites excluding steroid dienone is 2. The van der Waals surface area contributed by atoms with Gasteiger partial charge in [-0.25, -0.2) is 19.3 Å². The summed E-state index contributed by atoms with van der Waals surface area (Å²) in [6.45, 7) is 6.97. The van der Waals surface area contributed by atoms with Crippen LogP contribution < -0.4 is 0 Å². The Bertz CT molecular complexity index is 1050. The summed E-state index contributed by atoms with van der Waals surface area (Å²) in [6, 6.07) is 4.80. The third kappa shape index (κ3) is 4.35. The molecule has 0 radical (unpaired) electrons. The van der Waals surface area contributed by atoms with Crippen LogP contribution in [0.5, 0.6) is 0 Å². The molecule has 0 bridgehead atoms. The first-order valence-corrected chi connectivity index (χ1v) is 9.73. The third-order valence-corrected chi connectivity index (χ3v) is 5.03. The van der Waals surface area contributed by atoms with Gasteiger partial charge in [0, 0.05) is 12.7 Å². The highest BCUT2D eigenvalue weighted by Crippen LogP contribution is 2.39. The molecule has 32 heavy (non-hydrogen) atoms. The van der Waals surface area contributed by atoms with Crippen LogP contribution in [0.2, 0.25) is 0 Å². The molecule has 1 aromatic rings. The number of carbonyl (C=O) groups is 4. The van der Waals surface area contributed by atoms with Gasteiger partial charge >= 0.3 is 29.6 Å². The number of nitrogens with zero attached hydrogens (tertiary/aromatic N) is 4. The zero-order valence-electron chi connectivity index (χ0n) is 18.3. The average Bonchev–Trinajstić information content (AvgIpc) is 2.78. The fraction of sp³-hybridized carbons (Fsp3) is 0.318. The van der Waals surface area contributed by atoms with Crippen LogP contribution in [-0.2, 0) is 30.3 Å². The van der Waals surface area contributed by atoms with E-state index in [9.17, 15) is 24.7 Å². The van der Waals surface area contributed by atoms with Crippen LogP contribution in [0.4, 0.5) is 4.79 Å². The molecule has 10 nitrogen and oxygen atoms in total. The minimum Gasteiger partial charge on any atom is -0.463 e. The van der Waals surface area contributed by atoms with E-state index in [-0.39, 0.29) is 17.9 Å². The van der Waals surface area contributed by atoms with Gasteiger partial charge in [-0.05, 0) is 31.4 Å². The predicted octanol–water partition coefficient (Wildman–Crippen LogP) is 2.03. The summed E-state index contributed by atoms with van der Waals surface area (Å²) in [5, 5.41) is 0. The van der Waals surface area contributed by atoms with Crippen molar-refractivity contribution in [3.63, 3.8) is 0 Å². The summed E-state index contributed by atoms with van der Waals surface area (Å²) in [5.74, 6) is -3.21.